The predicted molar refractivity (Wildman–Crippen MR) is 58.3 cm³/mol. The van der Waals surface area contributed by atoms with E-state index >= 15 is 0 Å². The quantitative estimate of drug-likeness (QED) is 0.790. The molecule has 0 spiro atoms. The van der Waals surface area contributed by atoms with Crippen molar-refractivity contribution in [1.29, 1.82) is 0 Å². The minimum Gasteiger partial charge on any atom is -0.352 e. The number of amides is 1. The van der Waals surface area contributed by atoms with Crippen LogP contribution in [0.25, 0.3) is 0 Å². The molecule has 0 fully saturated rings. The summed E-state index contributed by atoms with van der Waals surface area (Å²) in [6, 6.07) is 4.78. The number of aryl methyl sites for hydroxylation is 1. The molecule has 0 saturated carbocycles. The molecule has 4 heteroatoms. The first-order chi connectivity index (χ1) is 7.13. The number of carbonyl (C=O) groups is 1. The van der Waals surface area contributed by atoms with Gasteiger partial charge in [0.2, 0.25) is 5.91 Å². The predicted octanol–water partition coefficient (Wildman–Crippen LogP) is 2.38. The molecule has 0 aliphatic rings. The van der Waals surface area contributed by atoms with Gasteiger partial charge in [0.15, 0.2) is 0 Å². The molecular formula is C11H13ClFNO. The van der Waals surface area contributed by atoms with E-state index in [4.69, 9.17) is 11.6 Å². The van der Waals surface area contributed by atoms with E-state index in [9.17, 15) is 9.18 Å². The lowest BCUT2D eigenvalue weighted by atomic mass is 10.1. The molecule has 0 saturated heterocycles. The molecule has 2 nitrogen and oxygen atoms in total. The Labute approximate surface area is 93.4 Å². The van der Waals surface area contributed by atoms with Crippen LogP contribution < -0.4 is 5.32 Å². The summed E-state index contributed by atoms with van der Waals surface area (Å²) in [7, 11) is 0. The van der Waals surface area contributed by atoms with Gasteiger partial charge in [0.25, 0.3) is 0 Å². The summed E-state index contributed by atoms with van der Waals surface area (Å²) < 4.78 is 12.9. The van der Waals surface area contributed by atoms with Gasteiger partial charge < -0.3 is 5.32 Å². The third-order valence-electron chi connectivity index (χ3n) is 2.03. The number of nitrogens with one attached hydrogen (secondary N) is 1. The third-order valence-corrected chi connectivity index (χ3v) is 2.22. The minimum absolute atomic E-state index is 0.0908. The van der Waals surface area contributed by atoms with Gasteiger partial charge in [-0.3, -0.25) is 4.79 Å². The number of carbonyl (C=O) groups excluding carboxylic acids is 1. The lowest BCUT2D eigenvalue weighted by Gasteiger charge is -2.05. The summed E-state index contributed by atoms with van der Waals surface area (Å²) in [6.45, 7) is 2.11. The Morgan fingerprint density at radius 3 is 2.87 bits per heavy atom. The van der Waals surface area contributed by atoms with Crippen LogP contribution in [0.1, 0.15) is 17.5 Å². The highest BCUT2D eigenvalue weighted by Crippen LogP contribution is 2.08. The second-order valence-electron chi connectivity index (χ2n) is 3.30. The third kappa shape index (κ3) is 3.88. The number of hydrogen-bond acceptors (Lipinski definition) is 1. The maximum Gasteiger partial charge on any atom is 0.221 e. The molecule has 1 aromatic carbocycles. The smallest absolute Gasteiger partial charge is 0.221 e. The molecule has 0 radical (unpaired) electrons. The highest BCUT2D eigenvalue weighted by Gasteiger charge is 2.02. The van der Waals surface area contributed by atoms with Crippen LogP contribution in [0.2, 0.25) is 0 Å². The molecule has 1 aromatic rings. The van der Waals surface area contributed by atoms with Gasteiger partial charge in [0.1, 0.15) is 5.82 Å². The SMILES string of the molecule is Cc1cc(CNC(=O)CCCl)ccc1F. The van der Waals surface area contributed by atoms with E-state index in [0.717, 1.165) is 5.56 Å². The molecule has 15 heavy (non-hydrogen) atoms. The second kappa shape index (κ2) is 5.71. The molecule has 1 N–H and O–H groups in total. The van der Waals surface area contributed by atoms with Crippen LogP contribution in [0, 0.1) is 12.7 Å². The summed E-state index contributed by atoms with van der Waals surface area (Å²) in [5, 5.41) is 2.70. The van der Waals surface area contributed by atoms with Gasteiger partial charge in [-0.2, -0.15) is 0 Å². The summed E-state index contributed by atoms with van der Waals surface area (Å²) in [5.41, 5.74) is 1.47. The van der Waals surface area contributed by atoms with Crippen LogP contribution in [0.15, 0.2) is 18.2 Å². The van der Waals surface area contributed by atoms with Crippen molar-refractivity contribution in [3.63, 3.8) is 0 Å². The van der Waals surface area contributed by atoms with Crippen molar-refractivity contribution in [2.75, 3.05) is 5.88 Å². The van der Waals surface area contributed by atoms with Crippen molar-refractivity contribution >= 4 is 17.5 Å². The molecule has 1 amide bonds. The summed E-state index contributed by atoms with van der Waals surface area (Å²) in [4.78, 5) is 11.1. The highest BCUT2D eigenvalue weighted by molar-refractivity contribution is 6.18. The monoisotopic (exact) mass is 229 g/mol. The Morgan fingerprint density at radius 2 is 2.27 bits per heavy atom. The van der Waals surface area contributed by atoms with E-state index < -0.39 is 0 Å². The zero-order valence-electron chi connectivity index (χ0n) is 8.52. The molecule has 1 rings (SSSR count). The number of alkyl halides is 1. The zero-order valence-corrected chi connectivity index (χ0v) is 9.27. The van der Waals surface area contributed by atoms with E-state index in [1.165, 1.54) is 6.07 Å². The minimum atomic E-state index is -0.231. The Bertz CT molecular complexity index is 354. The molecular weight excluding hydrogens is 217 g/mol. The topological polar surface area (TPSA) is 29.1 Å². The molecule has 0 aliphatic carbocycles. The van der Waals surface area contributed by atoms with Gasteiger partial charge >= 0.3 is 0 Å². The maximum atomic E-state index is 12.9. The van der Waals surface area contributed by atoms with Gasteiger partial charge in [-0.25, -0.2) is 4.39 Å². The molecule has 0 bridgehead atoms. The molecule has 0 unspecified atom stereocenters. The Kier molecular flexibility index (Phi) is 4.56. The Hall–Kier alpha value is -1.09. The standard InChI is InChI=1S/C11H13ClFNO/c1-8-6-9(2-3-10(8)13)7-14-11(15)4-5-12/h2-3,6H,4-5,7H2,1H3,(H,14,15). The van der Waals surface area contributed by atoms with Gasteiger partial charge in [0.05, 0.1) is 0 Å². The van der Waals surface area contributed by atoms with Crippen molar-refractivity contribution in [2.24, 2.45) is 0 Å². The van der Waals surface area contributed by atoms with Gasteiger partial charge in [-0.05, 0) is 24.1 Å². The molecule has 0 heterocycles. The Morgan fingerprint density at radius 1 is 1.53 bits per heavy atom. The lowest BCUT2D eigenvalue weighted by Crippen LogP contribution is -2.22. The van der Waals surface area contributed by atoms with E-state index in [0.29, 0.717) is 24.4 Å². The molecule has 0 aliphatic heterocycles. The van der Waals surface area contributed by atoms with E-state index in [1.54, 1.807) is 19.1 Å². The first-order valence-corrected chi connectivity index (χ1v) is 5.24. The van der Waals surface area contributed by atoms with Crippen LogP contribution >= 0.6 is 11.6 Å². The first-order valence-electron chi connectivity index (χ1n) is 4.71. The fourth-order valence-corrected chi connectivity index (χ4v) is 1.36. The molecule has 0 aromatic heterocycles. The Balaban J connectivity index is 2.51. The zero-order chi connectivity index (χ0) is 11.3. The molecule has 0 atom stereocenters. The van der Waals surface area contributed by atoms with Gasteiger partial charge in [-0.15, -0.1) is 11.6 Å². The second-order valence-corrected chi connectivity index (χ2v) is 3.68. The average molecular weight is 230 g/mol. The summed E-state index contributed by atoms with van der Waals surface area (Å²) in [5.74, 6) is -0.00770. The first kappa shape index (κ1) is 12.0. The largest absolute Gasteiger partial charge is 0.352 e. The van der Waals surface area contributed by atoms with Crippen LogP contribution in [-0.2, 0) is 11.3 Å². The molecule has 82 valence electrons. The number of hydrogen-bond donors (Lipinski definition) is 1. The van der Waals surface area contributed by atoms with Gasteiger partial charge in [0, 0.05) is 18.8 Å². The summed E-state index contributed by atoms with van der Waals surface area (Å²) in [6.07, 6.45) is 0.307. The van der Waals surface area contributed by atoms with Crippen molar-refractivity contribution in [3.05, 3.63) is 35.1 Å². The lowest BCUT2D eigenvalue weighted by molar-refractivity contribution is -0.120. The maximum absolute atomic E-state index is 12.9. The van der Waals surface area contributed by atoms with Crippen molar-refractivity contribution in [1.82, 2.24) is 5.32 Å². The van der Waals surface area contributed by atoms with Crippen molar-refractivity contribution < 1.29 is 9.18 Å². The van der Waals surface area contributed by atoms with Crippen LogP contribution in [0.5, 0.6) is 0 Å². The van der Waals surface area contributed by atoms with Crippen LogP contribution in [-0.4, -0.2) is 11.8 Å². The fraction of sp³-hybridized carbons (Fsp3) is 0.364. The highest BCUT2D eigenvalue weighted by atomic mass is 35.5. The van der Waals surface area contributed by atoms with Crippen molar-refractivity contribution in [3.8, 4) is 0 Å². The average Bonchev–Trinajstić information content (AvgIpc) is 2.20. The summed E-state index contributed by atoms with van der Waals surface area (Å²) >= 11 is 5.41. The van der Waals surface area contributed by atoms with Crippen LogP contribution in [0.4, 0.5) is 4.39 Å². The van der Waals surface area contributed by atoms with E-state index in [2.05, 4.69) is 5.32 Å². The van der Waals surface area contributed by atoms with Crippen molar-refractivity contribution in [2.45, 2.75) is 19.9 Å². The van der Waals surface area contributed by atoms with E-state index in [1.807, 2.05) is 0 Å². The van der Waals surface area contributed by atoms with Gasteiger partial charge in [-0.1, -0.05) is 12.1 Å². The number of halogens is 2. The van der Waals surface area contributed by atoms with Crippen LogP contribution in [0.3, 0.4) is 0 Å². The normalized spacial score (nSPS) is 10.1. The number of benzene rings is 1. The fourth-order valence-electron chi connectivity index (χ4n) is 1.19. The van der Waals surface area contributed by atoms with E-state index in [-0.39, 0.29) is 11.7 Å². The number of rotatable bonds is 4.